The molecule has 0 bridgehead atoms. The summed E-state index contributed by atoms with van der Waals surface area (Å²) < 4.78 is 5.24. The Balaban J connectivity index is 1.31. The Morgan fingerprint density at radius 2 is 1.74 bits per heavy atom. The second kappa shape index (κ2) is 10.5. The van der Waals surface area contributed by atoms with E-state index < -0.39 is 5.54 Å². The Morgan fingerprint density at radius 3 is 2.39 bits per heavy atom. The number of hydrogen-bond donors (Lipinski definition) is 2. The summed E-state index contributed by atoms with van der Waals surface area (Å²) in [6.07, 6.45) is 3.70. The van der Waals surface area contributed by atoms with Gasteiger partial charge in [-0.15, -0.1) is 11.3 Å². The fourth-order valence-electron chi connectivity index (χ4n) is 4.85. The van der Waals surface area contributed by atoms with Gasteiger partial charge in [-0.05, 0) is 81.1 Å². The number of nitrogens with zero attached hydrogens (tertiary/aromatic N) is 3. The number of piperidine rings is 1. The smallest absolute Gasteiger partial charge is 0.262 e. The van der Waals surface area contributed by atoms with Crippen molar-refractivity contribution in [1.82, 2.24) is 15.5 Å². The number of ether oxygens (including phenoxy) is 1. The number of fused-ring (bicyclic) bond motifs is 1. The lowest BCUT2D eigenvalue weighted by molar-refractivity contribution is 0.0915. The fourth-order valence-corrected chi connectivity index (χ4v) is 5.74. The molecule has 0 spiro atoms. The predicted molar refractivity (Wildman–Crippen MR) is 153 cm³/mol. The number of benzene rings is 2. The van der Waals surface area contributed by atoms with E-state index in [1.807, 2.05) is 62.4 Å². The summed E-state index contributed by atoms with van der Waals surface area (Å²) in [7, 11) is 3.35. The van der Waals surface area contributed by atoms with E-state index in [1.54, 1.807) is 25.1 Å². The lowest BCUT2D eigenvalue weighted by Gasteiger charge is -2.29. The van der Waals surface area contributed by atoms with Crippen LogP contribution in [0.2, 0.25) is 0 Å². The average Bonchev–Trinajstić information content (AvgIpc) is 3.54. The Morgan fingerprint density at radius 1 is 1.05 bits per heavy atom. The Hall–Kier alpha value is -3.85. The van der Waals surface area contributed by atoms with E-state index in [9.17, 15) is 9.59 Å². The number of anilines is 2. The van der Waals surface area contributed by atoms with Crippen molar-refractivity contribution in [2.45, 2.75) is 38.6 Å². The Bertz CT molecular complexity index is 1430. The third-order valence-corrected chi connectivity index (χ3v) is 8.20. The molecule has 0 saturated carbocycles. The second-order valence-corrected chi connectivity index (χ2v) is 11.2. The van der Waals surface area contributed by atoms with E-state index in [0.29, 0.717) is 21.1 Å². The van der Waals surface area contributed by atoms with E-state index >= 15 is 0 Å². The van der Waals surface area contributed by atoms with Crippen LogP contribution in [0.25, 0.3) is 10.2 Å². The molecular weight excluding hydrogens is 498 g/mol. The molecule has 0 atom stereocenters. The van der Waals surface area contributed by atoms with Crippen molar-refractivity contribution >= 4 is 44.9 Å². The van der Waals surface area contributed by atoms with Crippen LogP contribution in [0.4, 0.5) is 11.5 Å². The summed E-state index contributed by atoms with van der Waals surface area (Å²) in [5.74, 6) is 0.995. The zero-order valence-electron chi connectivity index (χ0n) is 22.2. The van der Waals surface area contributed by atoms with Gasteiger partial charge in [0.15, 0.2) is 0 Å². The van der Waals surface area contributed by atoms with Gasteiger partial charge in [0.25, 0.3) is 11.8 Å². The van der Waals surface area contributed by atoms with Crippen molar-refractivity contribution in [3.63, 3.8) is 0 Å². The van der Waals surface area contributed by atoms with Crippen LogP contribution in [0.15, 0.2) is 54.6 Å². The van der Waals surface area contributed by atoms with Crippen molar-refractivity contribution in [2.75, 3.05) is 37.0 Å². The number of amides is 2. The molecule has 1 saturated heterocycles. The molecule has 2 aromatic carbocycles. The average molecular weight is 532 g/mol. The van der Waals surface area contributed by atoms with Gasteiger partial charge in [-0.25, -0.2) is 0 Å². The van der Waals surface area contributed by atoms with Crippen LogP contribution in [0, 0.1) is 0 Å². The highest BCUT2D eigenvalue weighted by atomic mass is 32.1. The maximum Gasteiger partial charge on any atom is 0.262 e. The summed E-state index contributed by atoms with van der Waals surface area (Å²) in [4.78, 5) is 31.6. The van der Waals surface area contributed by atoms with Crippen LogP contribution in [0.3, 0.4) is 0 Å². The molecular formula is C29H33N5O3S. The zero-order chi connectivity index (χ0) is 26.9. The maximum atomic E-state index is 13.3. The number of carbonyl (C=O) groups is 2. The summed E-state index contributed by atoms with van der Waals surface area (Å²) in [5.41, 5.74) is 2.13. The molecule has 198 valence electrons. The van der Waals surface area contributed by atoms with E-state index in [0.717, 1.165) is 35.5 Å². The topological polar surface area (TPSA) is 90.6 Å². The van der Waals surface area contributed by atoms with E-state index in [2.05, 4.69) is 20.4 Å². The standard InChI is InChI=1S/C29H33N5O3S/c1-29(2,20-10-14-22(37-4)15-11-20)30-26(35)24-18-23-25(31-32-27(23)38-24)33(3)28(36)19-8-12-21(13-9-19)34-16-6-5-7-17-34/h8-15,18H,5-7,16-17H2,1-4H3,(H,30,35)(H,31,32). The summed E-state index contributed by atoms with van der Waals surface area (Å²) in [6, 6.07) is 17.2. The number of aromatic nitrogens is 2. The van der Waals surface area contributed by atoms with Gasteiger partial charge in [-0.3, -0.25) is 19.6 Å². The summed E-state index contributed by atoms with van der Waals surface area (Å²) >= 11 is 1.29. The predicted octanol–water partition coefficient (Wildman–Crippen LogP) is 5.57. The Kier molecular flexibility index (Phi) is 7.12. The molecule has 8 nitrogen and oxygen atoms in total. The van der Waals surface area contributed by atoms with E-state index in [4.69, 9.17) is 4.74 Å². The molecule has 9 heteroatoms. The largest absolute Gasteiger partial charge is 0.497 e. The molecule has 1 aliphatic heterocycles. The lowest BCUT2D eigenvalue weighted by Crippen LogP contribution is -2.40. The van der Waals surface area contributed by atoms with E-state index in [1.165, 1.54) is 30.6 Å². The highest BCUT2D eigenvalue weighted by Crippen LogP contribution is 2.33. The zero-order valence-corrected chi connectivity index (χ0v) is 23.0. The van der Waals surface area contributed by atoms with E-state index in [-0.39, 0.29) is 11.8 Å². The summed E-state index contributed by atoms with van der Waals surface area (Å²) in [5, 5.41) is 11.2. The highest BCUT2D eigenvalue weighted by molar-refractivity contribution is 7.20. The number of nitrogens with one attached hydrogen (secondary N) is 2. The SMILES string of the molecule is COc1ccc(C(C)(C)NC(=O)c2cc3c(N(C)C(=O)c4ccc(N5CCCCC5)cc4)[nH]nc3s2)cc1. The molecule has 2 aromatic heterocycles. The highest BCUT2D eigenvalue weighted by Gasteiger charge is 2.26. The molecule has 2 N–H and O–H groups in total. The quantitative estimate of drug-likeness (QED) is 0.326. The van der Waals surface area contributed by atoms with Crippen LogP contribution in [-0.4, -0.2) is 49.3 Å². The molecule has 3 heterocycles. The van der Waals surface area contributed by atoms with Gasteiger partial charge in [-0.2, -0.15) is 5.10 Å². The maximum absolute atomic E-state index is 13.3. The molecule has 5 rings (SSSR count). The minimum absolute atomic E-state index is 0.140. The third-order valence-electron chi connectivity index (χ3n) is 7.17. The first kappa shape index (κ1) is 25.8. The molecule has 1 fully saturated rings. The van der Waals surface area contributed by atoms with Gasteiger partial charge in [0.2, 0.25) is 0 Å². The van der Waals surface area contributed by atoms with Gasteiger partial charge in [-0.1, -0.05) is 12.1 Å². The fraction of sp³-hybridized carbons (Fsp3) is 0.345. The molecule has 0 radical (unpaired) electrons. The monoisotopic (exact) mass is 531 g/mol. The molecule has 0 unspecified atom stereocenters. The van der Waals surface area contributed by atoms with Crippen LogP contribution in [0.1, 0.15) is 58.7 Å². The minimum Gasteiger partial charge on any atom is -0.497 e. The molecule has 4 aromatic rings. The number of aromatic amines is 1. The minimum atomic E-state index is -0.590. The van der Waals surface area contributed by atoms with Crippen molar-refractivity contribution < 1.29 is 14.3 Å². The first-order valence-electron chi connectivity index (χ1n) is 12.8. The molecule has 0 aliphatic carbocycles. The van der Waals surface area contributed by atoms with Crippen LogP contribution < -0.4 is 19.9 Å². The third kappa shape index (κ3) is 5.11. The number of hydrogen-bond acceptors (Lipinski definition) is 6. The van der Waals surface area contributed by atoms with Crippen molar-refractivity contribution in [2.24, 2.45) is 0 Å². The number of carbonyl (C=O) groups excluding carboxylic acids is 2. The number of H-pyrrole nitrogens is 1. The normalized spacial score (nSPS) is 13.9. The first-order valence-corrected chi connectivity index (χ1v) is 13.7. The van der Waals surface area contributed by atoms with Crippen LogP contribution >= 0.6 is 11.3 Å². The molecule has 38 heavy (non-hydrogen) atoms. The van der Waals surface area contributed by atoms with Gasteiger partial charge < -0.3 is 15.0 Å². The number of methoxy groups -OCH3 is 1. The number of thiophene rings is 1. The second-order valence-electron chi connectivity index (χ2n) is 10.2. The van der Waals surface area contributed by atoms with Gasteiger partial charge in [0.1, 0.15) is 16.4 Å². The van der Waals surface area contributed by atoms with Crippen LogP contribution in [-0.2, 0) is 5.54 Å². The van der Waals surface area contributed by atoms with Gasteiger partial charge >= 0.3 is 0 Å². The molecule has 2 amide bonds. The van der Waals surface area contributed by atoms with Gasteiger partial charge in [0, 0.05) is 31.4 Å². The summed E-state index contributed by atoms with van der Waals surface area (Å²) in [6.45, 7) is 6.04. The Labute approximate surface area is 226 Å². The van der Waals surface area contributed by atoms with Crippen molar-refractivity contribution in [1.29, 1.82) is 0 Å². The van der Waals surface area contributed by atoms with Gasteiger partial charge in [0.05, 0.1) is 22.9 Å². The van der Waals surface area contributed by atoms with Crippen LogP contribution in [0.5, 0.6) is 5.75 Å². The van der Waals surface area contributed by atoms with Crippen molar-refractivity contribution in [3.8, 4) is 5.75 Å². The molecule has 1 aliphatic rings. The number of rotatable bonds is 7. The first-order chi connectivity index (χ1) is 18.3. The lowest BCUT2D eigenvalue weighted by atomic mass is 9.94. The van der Waals surface area contributed by atoms with Crippen molar-refractivity contribution in [3.05, 3.63) is 70.6 Å².